The number of carbonyl (C=O) groups excluding carboxylic acids is 1. The average molecular weight is 528 g/mol. The summed E-state index contributed by atoms with van der Waals surface area (Å²) in [5.74, 6) is -0.0827. The Labute approximate surface area is 216 Å². The Balaban J connectivity index is 0.000000786. The molecule has 5 rings (SSSR count). The average Bonchev–Trinajstić information content (AvgIpc) is 3.29. The first-order chi connectivity index (χ1) is 18.1. The Morgan fingerprint density at radius 2 is 1.66 bits per heavy atom. The monoisotopic (exact) mass is 527 g/mol. The number of pyridine rings is 1. The molecule has 1 fully saturated rings. The molecule has 0 spiro atoms. The number of carbonyl (C=O) groups is 2. The molecule has 0 aliphatic heterocycles. The molecular formula is C28H28F3N3O4. The molecule has 0 saturated heterocycles. The zero-order valence-corrected chi connectivity index (χ0v) is 20.5. The van der Waals surface area contributed by atoms with Crippen molar-refractivity contribution in [2.24, 2.45) is 5.92 Å². The molecule has 0 radical (unpaired) electrons. The second kappa shape index (κ2) is 11.5. The van der Waals surface area contributed by atoms with Gasteiger partial charge in [0.25, 0.3) is 5.91 Å². The summed E-state index contributed by atoms with van der Waals surface area (Å²) in [5, 5.41) is 19.3. The van der Waals surface area contributed by atoms with Gasteiger partial charge in [-0.25, -0.2) is 4.79 Å². The van der Waals surface area contributed by atoms with Crippen LogP contribution in [0.4, 0.5) is 18.0 Å². The largest absolute Gasteiger partial charge is 0.503 e. The van der Waals surface area contributed by atoms with E-state index in [-0.39, 0.29) is 5.56 Å². The summed E-state index contributed by atoms with van der Waals surface area (Å²) in [6, 6.07) is 13.5. The van der Waals surface area contributed by atoms with Gasteiger partial charge >= 0.3 is 12.3 Å². The first kappa shape index (κ1) is 27.0. The highest BCUT2D eigenvalue weighted by atomic mass is 19.4. The summed E-state index contributed by atoms with van der Waals surface area (Å²) < 4.78 is 42.6. The molecule has 1 saturated carbocycles. The van der Waals surface area contributed by atoms with Crippen molar-refractivity contribution in [2.75, 3.05) is 6.54 Å². The second-order valence-corrected chi connectivity index (χ2v) is 9.42. The molecule has 10 heteroatoms. The molecule has 0 atom stereocenters. The lowest BCUT2D eigenvalue weighted by atomic mass is 9.89. The predicted octanol–water partition coefficient (Wildman–Crippen LogP) is 6.79. The maximum Gasteiger partial charge on any atom is 0.503 e. The van der Waals surface area contributed by atoms with Crippen molar-refractivity contribution in [3.8, 4) is 0 Å². The van der Waals surface area contributed by atoms with E-state index >= 15 is 0 Å². The fraction of sp³-hybridized carbons (Fsp3) is 0.321. The van der Waals surface area contributed by atoms with E-state index in [1.165, 1.54) is 6.42 Å². The number of hydrogen-bond donors (Lipinski definition) is 3. The number of nitrogens with zero attached hydrogens (tertiary/aromatic N) is 2. The lowest BCUT2D eigenvalue weighted by molar-refractivity contribution is -0.137. The van der Waals surface area contributed by atoms with Gasteiger partial charge in [0.1, 0.15) is 0 Å². The van der Waals surface area contributed by atoms with Crippen molar-refractivity contribution in [3.05, 3.63) is 77.7 Å². The van der Waals surface area contributed by atoms with Crippen LogP contribution in [0.5, 0.6) is 0 Å². The number of alkyl halides is 3. The van der Waals surface area contributed by atoms with Gasteiger partial charge < -0.3 is 20.1 Å². The number of benzene rings is 2. The van der Waals surface area contributed by atoms with E-state index in [4.69, 9.17) is 15.0 Å². The normalized spacial score (nSPS) is 14.2. The molecule has 1 aliphatic carbocycles. The zero-order chi connectivity index (χ0) is 27.3. The minimum Gasteiger partial charge on any atom is -0.450 e. The second-order valence-electron chi connectivity index (χ2n) is 9.42. The minimum atomic E-state index is -4.53. The van der Waals surface area contributed by atoms with E-state index in [1.54, 1.807) is 18.5 Å². The zero-order valence-electron chi connectivity index (χ0n) is 20.5. The Bertz CT molecular complexity index is 1440. The number of amides is 1. The van der Waals surface area contributed by atoms with Crippen LogP contribution >= 0.6 is 0 Å². The summed E-state index contributed by atoms with van der Waals surface area (Å²) >= 11 is 0. The van der Waals surface area contributed by atoms with Crippen molar-refractivity contribution in [1.82, 2.24) is 14.9 Å². The third kappa shape index (κ3) is 6.62. The molecule has 4 aromatic rings. The number of hydrogen-bond acceptors (Lipinski definition) is 3. The molecule has 2 aromatic heterocycles. The summed E-state index contributed by atoms with van der Waals surface area (Å²) in [6.07, 6.45) is 2.70. The number of aromatic nitrogens is 2. The smallest absolute Gasteiger partial charge is 0.450 e. The van der Waals surface area contributed by atoms with Crippen LogP contribution in [0.25, 0.3) is 21.7 Å². The lowest BCUT2D eigenvalue weighted by Crippen LogP contribution is -2.31. The third-order valence-corrected chi connectivity index (χ3v) is 6.73. The Kier molecular flexibility index (Phi) is 8.19. The van der Waals surface area contributed by atoms with Gasteiger partial charge in [-0.05, 0) is 48.4 Å². The van der Waals surface area contributed by atoms with Crippen LogP contribution in [0, 0.1) is 5.92 Å². The molecule has 1 amide bonds. The van der Waals surface area contributed by atoms with Crippen molar-refractivity contribution < 1.29 is 33.0 Å². The molecule has 2 aromatic carbocycles. The quantitative estimate of drug-likeness (QED) is 0.265. The van der Waals surface area contributed by atoms with E-state index in [0.29, 0.717) is 29.9 Å². The standard InChI is InChI=1S/C27H26F3N3O.CH2O3/c28-27(29,30)22-12-20-10-11-33(17-23-13-19-8-4-5-9-21(19)16-31-23)25(20)24(14-22)26(34)32-15-18-6-2-1-3-7-18;2-1(3)4/h4-5,8-14,16,18H,1-3,6-7,15,17H2,(H,32,34);(H2,2,3,4). The summed E-state index contributed by atoms with van der Waals surface area (Å²) in [4.78, 5) is 26.2. The highest BCUT2D eigenvalue weighted by Crippen LogP contribution is 2.34. The highest BCUT2D eigenvalue weighted by Gasteiger charge is 2.33. The minimum absolute atomic E-state index is 0.0476. The van der Waals surface area contributed by atoms with Gasteiger partial charge in [0.15, 0.2) is 0 Å². The number of halogens is 3. The van der Waals surface area contributed by atoms with Crippen molar-refractivity contribution >= 4 is 33.7 Å². The fourth-order valence-corrected chi connectivity index (χ4v) is 4.93. The van der Waals surface area contributed by atoms with Crippen LogP contribution in [0.1, 0.15) is 53.7 Å². The topological polar surface area (TPSA) is 104 Å². The van der Waals surface area contributed by atoms with Crippen LogP contribution < -0.4 is 5.32 Å². The van der Waals surface area contributed by atoms with E-state index in [1.807, 2.05) is 34.9 Å². The van der Waals surface area contributed by atoms with E-state index < -0.39 is 23.8 Å². The van der Waals surface area contributed by atoms with Crippen LogP contribution in [0.3, 0.4) is 0 Å². The van der Waals surface area contributed by atoms with E-state index in [2.05, 4.69) is 10.3 Å². The van der Waals surface area contributed by atoms with E-state index in [9.17, 15) is 18.0 Å². The van der Waals surface area contributed by atoms with Gasteiger partial charge in [0, 0.05) is 29.7 Å². The Hall–Kier alpha value is -4.08. The summed E-state index contributed by atoms with van der Waals surface area (Å²) in [7, 11) is 0. The van der Waals surface area contributed by atoms with Crippen LogP contribution in [-0.2, 0) is 12.7 Å². The third-order valence-electron chi connectivity index (χ3n) is 6.73. The number of nitrogens with one attached hydrogen (secondary N) is 1. The van der Waals surface area contributed by atoms with Gasteiger partial charge in [-0.3, -0.25) is 9.78 Å². The lowest BCUT2D eigenvalue weighted by Gasteiger charge is -2.22. The van der Waals surface area contributed by atoms with Crippen LogP contribution in [0.15, 0.2) is 60.9 Å². The van der Waals surface area contributed by atoms with Crippen LogP contribution in [-0.4, -0.2) is 38.4 Å². The van der Waals surface area contributed by atoms with Crippen LogP contribution in [0.2, 0.25) is 0 Å². The molecular weight excluding hydrogens is 499 g/mol. The first-order valence-electron chi connectivity index (χ1n) is 12.4. The van der Waals surface area contributed by atoms with Gasteiger partial charge in [-0.2, -0.15) is 13.2 Å². The number of fused-ring (bicyclic) bond motifs is 2. The SMILES string of the molecule is O=C(NCC1CCCCC1)c1cc(C(F)(F)F)cc2ccn(Cc3cc4ccccc4cn3)c12.O=C(O)O. The van der Waals surface area contributed by atoms with Gasteiger partial charge in [0.2, 0.25) is 0 Å². The molecule has 3 N–H and O–H groups in total. The van der Waals surface area contributed by atoms with Gasteiger partial charge in [-0.15, -0.1) is 0 Å². The maximum absolute atomic E-state index is 13.6. The van der Waals surface area contributed by atoms with Crippen molar-refractivity contribution in [3.63, 3.8) is 0 Å². The Morgan fingerprint density at radius 1 is 0.974 bits per heavy atom. The molecule has 38 heavy (non-hydrogen) atoms. The predicted molar refractivity (Wildman–Crippen MR) is 137 cm³/mol. The number of carboxylic acid groups (broad SMARTS) is 2. The molecule has 1 aliphatic rings. The molecule has 7 nitrogen and oxygen atoms in total. The maximum atomic E-state index is 13.6. The van der Waals surface area contributed by atoms with Crippen molar-refractivity contribution in [2.45, 2.75) is 44.8 Å². The van der Waals surface area contributed by atoms with Gasteiger partial charge in [0.05, 0.1) is 28.9 Å². The first-order valence-corrected chi connectivity index (χ1v) is 12.4. The molecule has 0 unspecified atom stereocenters. The summed E-state index contributed by atoms with van der Waals surface area (Å²) in [6.45, 7) is 0.839. The van der Waals surface area contributed by atoms with Gasteiger partial charge in [-0.1, -0.05) is 43.5 Å². The molecule has 0 bridgehead atoms. The highest BCUT2D eigenvalue weighted by molar-refractivity contribution is 6.06. The summed E-state index contributed by atoms with van der Waals surface area (Å²) in [5.41, 5.74) is 0.490. The Morgan fingerprint density at radius 3 is 2.34 bits per heavy atom. The van der Waals surface area contributed by atoms with E-state index in [0.717, 1.165) is 54.3 Å². The number of rotatable bonds is 5. The molecule has 200 valence electrons. The van der Waals surface area contributed by atoms with Crippen molar-refractivity contribution in [1.29, 1.82) is 0 Å². The fourth-order valence-electron chi connectivity index (χ4n) is 4.93. The molecule has 2 heterocycles.